The molecule has 1 aromatic carbocycles. The maximum atomic E-state index is 11.1. The average molecular weight is 210 g/mol. The van der Waals surface area contributed by atoms with Gasteiger partial charge >= 0.3 is 6.03 Å². The molecule has 1 aromatic rings. The largest absolute Gasteiger partial charge is 0.493 e. The van der Waals surface area contributed by atoms with Crippen LogP contribution in [-0.4, -0.2) is 27.3 Å². The number of benzene rings is 1. The second-order valence-corrected chi connectivity index (χ2v) is 2.75. The summed E-state index contributed by atoms with van der Waals surface area (Å²) in [4.78, 5) is 11.1. The van der Waals surface area contributed by atoms with E-state index in [0.717, 1.165) is 0 Å². The molecule has 2 amide bonds. The van der Waals surface area contributed by atoms with Crippen LogP contribution in [0.1, 0.15) is 0 Å². The number of anilines is 1. The minimum absolute atomic E-state index is 0.304. The van der Waals surface area contributed by atoms with Crippen LogP contribution in [0.2, 0.25) is 0 Å². The monoisotopic (exact) mass is 210 g/mol. The molecule has 0 fully saturated rings. The lowest BCUT2D eigenvalue weighted by Gasteiger charge is -2.12. The number of carbonyl (C=O) groups is 1. The zero-order valence-electron chi connectivity index (χ0n) is 8.96. The number of para-hydroxylation sites is 1. The Morgan fingerprint density at radius 2 is 2.00 bits per heavy atom. The number of hydrogen-bond acceptors (Lipinski definition) is 3. The van der Waals surface area contributed by atoms with Gasteiger partial charge in [0.1, 0.15) is 0 Å². The van der Waals surface area contributed by atoms with Crippen LogP contribution in [-0.2, 0) is 0 Å². The highest BCUT2D eigenvalue weighted by atomic mass is 16.5. The number of hydrogen-bond donors (Lipinski definition) is 2. The molecule has 0 radical (unpaired) electrons. The molecule has 1 rings (SSSR count). The maximum absolute atomic E-state index is 11.1. The van der Waals surface area contributed by atoms with Gasteiger partial charge in [-0.2, -0.15) is 0 Å². The lowest BCUT2D eigenvalue weighted by Crippen LogP contribution is -2.24. The Bertz CT molecular complexity index is 353. The van der Waals surface area contributed by atoms with E-state index in [1.807, 2.05) is 0 Å². The zero-order chi connectivity index (χ0) is 11.3. The van der Waals surface area contributed by atoms with Crippen molar-refractivity contribution in [1.29, 1.82) is 0 Å². The first-order chi connectivity index (χ1) is 7.22. The Hall–Kier alpha value is -1.91. The molecule has 0 aliphatic heterocycles. The Kier molecular flexibility index (Phi) is 3.79. The summed E-state index contributed by atoms with van der Waals surface area (Å²) in [5, 5.41) is 5.09. The second kappa shape index (κ2) is 5.09. The van der Waals surface area contributed by atoms with E-state index < -0.39 is 0 Å². The molecule has 5 heteroatoms. The maximum Gasteiger partial charge on any atom is 0.319 e. The van der Waals surface area contributed by atoms with Gasteiger partial charge in [-0.1, -0.05) is 6.07 Å². The molecule has 0 atom stereocenters. The Morgan fingerprint density at radius 1 is 1.27 bits per heavy atom. The van der Waals surface area contributed by atoms with E-state index >= 15 is 0 Å². The highest BCUT2D eigenvalue weighted by molar-refractivity contribution is 5.91. The highest BCUT2D eigenvalue weighted by Crippen LogP contribution is 2.34. The normalized spacial score (nSPS) is 9.27. The smallest absolute Gasteiger partial charge is 0.319 e. The van der Waals surface area contributed by atoms with Crippen molar-refractivity contribution in [2.75, 3.05) is 26.6 Å². The van der Waals surface area contributed by atoms with Crippen molar-refractivity contribution in [2.24, 2.45) is 0 Å². The lowest BCUT2D eigenvalue weighted by molar-refractivity contribution is 0.253. The van der Waals surface area contributed by atoms with Crippen molar-refractivity contribution < 1.29 is 14.3 Å². The van der Waals surface area contributed by atoms with E-state index in [0.29, 0.717) is 17.2 Å². The predicted octanol–water partition coefficient (Wildman–Crippen LogP) is 1.46. The fourth-order valence-corrected chi connectivity index (χ4v) is 1.17. The lowest BCUT2D eigenvalue weighted by atomic mass is 10.2. The molecule has 0 aromatic heterocycles. The first-order valence-electron chi connectivity index (χ1n) is 4.42. The summed E-state index contributed by atoms with van der Waals surface area (Å²) in [7, 11) is 4.61. The highest BCUT2D eigenvalue weighted by Gasteiger charge is 2.10. The van der Waals surface area contributed by atoms with Crippen molar-refractivity contribution in [2.45, 2.75) is 0 Å². The first kappa shape index (κ1) is 11.2. The number of ether oxygens (including phenoxy) is 2. The fourth-order valence-electron chi connectivity index (χ4n) is 1.17. The number of nitrogens with one attached hydrogen (secondary N) is 2. The third-order valence-corrected chi connectivity index (χ3v) is 1.88. The van der Waals surface area contributed by atoms with Gasteiger partial charge in [0.25, 0.3) is 0 Å². The van der Waals surface area contributed by atoms with Crippen LogP contribution in [0.3, 0.4) is 0 Å². The summed E-state index contributed by atoms with van der Waals surface area (Å²) in [6.07, 6.45) is 0. The summed E-state index contributed by atoms with van der Waals surface area (Å²) < 4.78 is 10.2. The molecule has 0 saturated carbocycles. The van der Waals surface area contributed by atoms with Crippen molar-refractivity contribution in [3.63, 3.8) is 0 Å². The molecular weight excluding hydrogens is 196 g/mol. The van der Waals surface area contributed by atoms with E-state index in [1.54, 1.807) is 32.4 Å². The molecular formula is C10H14N2O3. The van der Waals surface area contributed by atoms with Crippen molar-refractivity contribution in [3.05, 3.63) is 18.2 Å². The molecule has 0 spiro atoms. The summed E-state index contributed by atoms with van der Waals surface area (Å²) >= 11 is 0. The predicted molar refractivity (Wildman–Crippen MR) is 57.6 cm³/mol. The quantitative estimate of drug-likeness (QED) is 0.793. The molecule has 0 heterocycles. The van der Waals surface area contributed by atoms with Crippen LogP contribution in [0, 0.1) is 0 Å². The molecule has 0 saturated heterocycles. The summed E-state index contributed by atoms with van der Waals surface area (Å²) in [6, 6.07) is 4.96. The van der Waals surface area contributed by atoms with Gasteiger partial charge in [-0.05, 0) is 12.1 Å². The zero-order valence-corrected chi connectivity index (χ0v) is 8.96. The van der Waals surface area contributed by atoms with Crippen molar-refractivity contribution in [1.82, 2.24) is 5.32 Å². The second-order valence-electron chi connectivity index (χ2n) is 2.75. The molecule has 2 N–H and O–H groups in total. The molecule has 82 valence electrons. The molecule has 0 unspecified atom stereocenters. The molecule has 15 heavy (non-hydrogen) atoms. The fraction of sp³-hybridized carbons (Fsp3) is 0.300. The molecule has 0 aliphatic rings. The molecule has 5 nitrogen and oxygen atoms in total. The van der Waals surface area contributed by atoms with E-state index in [4.69, 9.17) is 9.47 Å². The van der Waals surface area contributed by atoms with Crippen LogP contribution in [0.4, 0.5) is 10.5 Å². The van der Waals surface area contributed by atoms with E-state index in [-0.39, 0.29) is 6.03 Å². The Balaban J connectivity index is 3.00. The number of urea groups is 1. The SMILES string of the molecule is CNC(=O)Nc1cccc(OC)c1OC. The Morgan fingerprint density at radius 3 is 2.53 bits per heavy atom. The van der Waals surface area contributed by atoms with Crippen molar-refractivity contribution >= 4 is 11.7 Å². The van der Waals surface area contributed by atoms with Crippen LogP contribution in [0.5, 0.6) is 11.5 Å². The van der Waals surface area contributed by atoms with Crippen molar-refractivity contribution in [3.8, 4) is 11.5 Å². The number of methoxy groups -OCH3 is 2. The minimum atomic E-state index is -0.304. The molecule has 0 aliphatic carbocycles. The van der Waals surface area contributed by atoms with Gasteiger partial charge in [0, 0.05) is 7.05 Å². The average Bonchev–Trinajstić information content (AvgIpc) is 2.28. The van der Waals surface area contributed by atoms with E-state index in [2.05, 4.69) is 10.6 Å². The third-order valence-electron chi connectivity index (χ3n) is 1.88. The van der Waals surface area contributed by atoms with Crippen LogP contribution >= 0.6 is 0 Å². The van der Waals surface area contributed by atoms with Crippen LogP contribution in [0.15, 0.2) is 18.2 Å². The van der Waals surface area contributed by atoms with E-state index in [1.165, 1.54) is 7.11 Å². The summed E-state index contributed by atoms with van der Waals surface area (Å²) in [5.41, 5.74) is 0.566. The topological polar surface area (TPSA) is 59.6 Å². The van der Waals surface area contributed by atoms with Gasteiger partial charge in [0.15, 0.2) is 11.5 Å². The van der Waals surface area contributed by atoms with Crippen LogP contribution < -0.4 is 20.1 Å². The third kappa shape index (κ3) is 2.52. The van der Waals surface area contributed by atoms with Gasteiger partial charge in [-0.25, -0.2) is 4.79 Å². The minimum Gasteiger partial charge on any atom is -0.493 e. The van der Waals surface area contributed by atoms with E-state index in [9.17, 15) is 4.79 Å². The standard InChI is InChI=1S/C10H14N2O3/c1-11-10(13)12-7-5-4-6-8(14-2)9(7)15-3/h4-6H,1-3H3,(H2,11,12,13). The van der Waals surface area contributed by atoms with Gasteiger partial charge in [0.05, 0.1) is 19.9 Å². The van der Waals surface area contributed by atoms with Gasteiger partial charge in [0.2, 0.25) is 0 Å². The van der Waals surface area contributed by atoms with Gasteiger partial charge in [-0.15, -0.1) is 0 Å². The molecule has 0 bridgehead atoms. The Labute approximate surface area is 88.4 Å². The number of carbonyl (C=O) groups excluding carboxylic acids is 1. The number of rotatable bonds is 3. The summed E-state index contributed by atoms with van der Waals surface area (Å²) in [5.74, 6) is 1.08. The first-order valence-corrected chi connectivity index (χ1v) is 4.42. The van der Waals surface area contributed by atoms with Crippen LogP contribution in [0.25, 0.3) is 0 Å². The van der Waals surface area contributed by atoms with Gasteiger partial charge in [-0.3, -0.25) is 0 Å². The summed E-state index contributed by atoms with van der Waals surface area (Å²) in [6.45, 7) is 0. The van der Waals surface area contributed by atoms with Gasteiger partial charge < -0.3 is 20.1 Å². The number of amides is 2.